The van der Waals surface area contributed by atoms with Gasteiger partial charge in [-0.3, -0.25) is 9.89 Å². The number of alkyl halides is 3. The quantitative estimate of drug-likeness (QED) is 0.208. The summed E-state index contributed by atoms with van der Waals surface area (Å²) in [5, 5.41) is 12.1. The van der Waals surface area contributed by atoms with E-state index in [1.165, 1.54) is 12.1 Å². The molecule has 2 aromatic carbocycles. The molecule has 9 nitrogen and oxygen atoms in total. The molecule has 0 saturated heterocycles. The van der Waals surface area contributed by atoms with E-state index in [0.717, 1.165) is 29.3 Å². The van der Waals surface area contributed by atoms with Crippen molar-refractivity contribution in [2.24, 2.45) is 0 Å². The molecule has 5 rings (SSSR count). The fourth-order valence-electron chi connectivity index (χ4n) is 3.83. The van der Waals surface area contributed by atoms with Crippen molar-refractivity contribution in [1.82, 2.24) is 25.1 Å². The third-order valence-corrected chi connectivity index (χ3v) is 5.92. The predicted octanol–water partition coefficient (Wildman–Crippen LogP) is 5.58. The molecule has 0 saturated carbocycles. The first kappa shape index (κ1) is 25.6. The SMILES string of the molecule is C[C@@H](Nc1ncc(C(F)(F)F)cc1C(=O)Nc1ccc(F)cc1)c1ccc(-c2cnc3[nH]nc(N)c3n2)cc1. The number of nitrogens with zero attached hydrogens (tertiary/aromatic N) is 4. The normalized spacial score (nSPS) is 12.3. The van der Waals surface area contributed by atoms with Gasteiger partial charge in [-0.1, -0.05) is 24.3 Å². The first-order chi connectivity index (χ1) is 18.6. The van der Waals surface area contributed by atoms with Crippen LogP contribution in [-0.2, 0) is 6.18 Å². The Balaban J connectivity index is 1.39. The minimum Gasteiger partial charge on any atom is -0.380 e. The molecule has 0 bridgehead atoms. The molecule has 3 heterocycles. The predicted molar refractivity (Wildman–Crippen MR) is 137 cm³/mol. The van der Waals surface area contributed by atoms with Crippen LogP contribution in [0.1, 0.15) is 34.5 Å². The molecule has 39 heavy (non-hydrogen) atoms. The van der Waals surface area contributed by atoms with Crippen LogP contribution in [0.5, 0.6) is 0 Å². The van der Waals surface area contributed by atoms with Crippen molar-refractivity contribution in [3.63, 3.8) is 0 Å². The van der Waals surface area contributed by atoms with Gasteiger partial charge in [0.25, 0.3) is 5.91 Å². The molecular weight excluding hydrogens is 516 g/mol. The number of amides is 1. The van der Waals surface area contributed by atoms with Crippen LogP contribution < -0.4 is 16.4 Å². The van der Waals surface area contributed by atoms with Gasteiger partial charge in [0.2, 0.25) is 0 Å². The second-order valence-electron chi connectivity index (χ2n) is 8.63. The molecule has 0 radical (unpaired) electrons. The van der Waals surface area contributed by atoms with Crippen molar-refractivity contribution >= 4 is 34.4 Å². The Hall–Kier alpha value is -5.07. The molecule has 13 heteroatoms. The molecule has 0 aliphatic carbocycles. The Labute approximate surface area is 218 Å². The Kier molecular flexibility index (Phi) is 6.56. The van der Waals surface area contributed by atoms with E-state index in [1.807, 2.05) is 12.1 Å². The van der Waals surface area contributed by atoms with Gasteiger partial charge in [0.15, 0.2) is 17.0 Å². The lowest BCUT2D eigenvalue weighted by Crippen LogP contribution is -2.19. The third-order valence-electron chi connectivity index (χ3n) is 5.92. The van der Waals surface area contributed by atoms with Crippen LogP contribution in [0.4, 0.5) is 34.9 Å². The highest BCUT2D eigenvalue weighted by atomic mass is 19.4. The lowest BCUT2D eigenvalue weighted by Gasteiger charge is -2.19. The van der Waals surface area contributed by atoms with Crippen LogP contribution in [0, 0.1) is 5.82 Å². The van der Waals surface area contributed by atoms with Gasteiger partial charge in [-0.05, 0) is 42.8 Å². The number of pyridine rings is 1. The Morgan fingerprint density at radius 1 is 1.03 bits per heavy atom. The molecule has 1 amide bonds. The van der Waals surface area contributed by atoms with Crippen LogP contribution in [0.3, 0.4) is 0 Å². The van der Waals surface area contributed by atoms with E-state index in [4.69, 9.17) is 5.73 Å². The minimum absolute atomic E-state index is 0.0501. The molecule has 0 fully saturated rings. The highest BCUT2D eigenvalue weighted by Gasteiger charge is 2.33. The number of nitrogens with two attached hydrogens (primary N) is 1. The van der Waals surface area contributed by atoms with Gasteiger partial charge in [0.1, 0.15) is 11.6 Å². The molecule has 198 valence electrons. The summed E-state index contributed by atoms with van der Waals surface area (Å²) in [4.78, 5) is 25.6. The first-order valence-electron chi connectivity index (χ1n) is 11.6. The number of nitrogen functional groups attached to an aromatic ring is 1. The maximum Gasteiger partial charge on any atom is 0.417 e. The number of rotatable bonds is 6. The summed E-state index contributed by atoms with van der Waals surface area (Å²) in [7, 11) is 0. The Morgan fingerprint density at radius 2 is 1.74 bits per heavy atom. The number of anilines is 3. The van der Waals surface area contributed by atoms with Crippen LogP contribution in [0.2, 0.25) is 0 Å². The number of carbonyl (C=O) groups is 1. The van der Waals surface area contributed by atoms with Gasteiger partial charge >= 0.3 is 6.18 Å². The zero-order valence-corrected chi connectivity index (χ0v) is 20.2. The molecule has 5 N–H and O–H groups in total. The summed E-state index contributed by atoms with van der Waals surface area (Å²) in [6.45, 7) is 1.77. The summed E-state index contributed by atoms with van der Waals surface area (Å²) in [5.41, 5.74) is 7.64. The average molecular weight is 536 g/mol. The zero-order chi connectivity index (χ0) is 27.7. The van der Waals surface area contributed by atoms with E-state index < -0.39 is 29.5 Å². The summed E-state index contributed by atoms with van der Waals surface area (Å²) >= 11 is 0. The van der Waals surface area contributed by atoms with E-state index >= 15 is 0 Å². The molecule has 0 aliphatic heterocycles. The van der Waals surface area contributed by atoms with Crippen LogP contribution >= 0.6 is 0 Å². The van der Waals surface area contributed by atoms with Crippen molar-refractivity contribution in [1.29, 1.82) is 0 Å². The van der Waals surface area contributed by atoms with E-state index in [0.29, 0.717) is 23.1 Å². The van der Waals surface area contributed by atoms with Gasteiger partial charge < -0.3 is 16.4 Å². The van der Waals surface area contributed by atoms with E-state index in [1.54, 1.807) is 25.3 Å². The average Bonchev–Trinajstić information content (AvgIpc) is 3.29. The molecule has 3 aromatic heterocycles. The molecular formula is C26H20F4N8O. The lowest BCUT2D eigenvalue weighted by molar-refractivity contribution is -0.137. The van der Waals surface area contributed by atoms with Gasteiger partial charge in [-0.2, -0.15) is 18.3 Å². The van der Waals surface area contributed by atoms with E-state index in [9.17, 15) is 22.4 Å². The molecule has 0 spiro atoms. The maximum atomic E-state index is 13.4. The second-order valence-corrected chi connectivity index (χ2v) is 8.63. The van der Waals surface area contributed by atoms with Crippen LogP contribution in [-0.4, -0.2) is 31.1 Å². The molecule has 5 aromatic rings. The molecule has 0 aliphatic rings. The number of carbonyl (C=O) groups excluding carboxylic acids is 1. The van der Waals surface area contributed by atoms with Crippen molar-refractivity contribution in [3.8, 4) is 11.3 Å². The highest BCUT2D eigenvalue weighted by Crippen LogP contribution is 2.32. The van der Waals surface area contributed by atoms with Crippen molar-refractivity contribution in [2.75, 3.05) is 16.4 Å². The van der Waals surface area contributed by atoms with Gasteiger partial charge in [-0.15, -0.1) is 0 Å². The summed E-state index contributed by atoms with van der Waals surface area (Å²) in [6, 6.07) is 12.4. The minimum atomic E-state index is -4.70. The maximum absolute atomic E-state index is 13.4. The lowest BCUT2D eigenvalue weighted by atomic mass is 10.0. The van der Waals surface area contributed by atoms with Gasteiger partial charge in [-0.25, -0.2) is 19.3 Å². The third kappa shape index (κ3) is 5.46. The largest absolute Gasteiger partial charge is 0.417 e. The van der Waals surface area contributed by atoms with E-state index in [-0.39, 0.29) is 22.9 Å². The standard InChI is InChI=1S/C26H20F4N8O/c1-13(14-2-4-15(5-3-14)20-12-33-24-21(36-20)22(31)37-38-24)34-23-19(10-16(11-32-23)26(28,29)30)25(39)35-18-8-6-17(27)7-9-18/h2-13H,1H3,(H,32,34)(H,35,39)(H3,31,33,37,38)/t13-/m1/s1. The number of H-pyrrole nitrogens is 1. The number of benzene rings is 2. The number of aromatic amines is 1. The Morgan fingerprint density at radius 3 is 2.44 bits per heavy atom. The van der Waals surface area contributed by atoms with Crippen LogP contribution in [0.25, 0.3) is 22.4 Å². The highest BCUT2D eigenvalue weighted by molar-refractivity contribution is 6.07. The first-order valence-corrected chi connectivity index (χ1v) is 11.6. The van der Waals surface area contributed by atoms with Crippen molar-refractivity contribution in [2.45, 2.75) is 19.1 Å². The smallest absolute Gasteiger partial charge is 0.380 e. The monoisotopic (exact) mass is 536 g/mol. The number of halogens is 4. The van der Waals surface area contributed by atoms with Crippen molar-refractivity contribution in [3.05, 3.63) is 89.5 Å². The second kappa shape index (κ2) is 10.0. The topological polar surface area (TPSA) is 134 Å². The van der Waals surface area contributed by atoms with Gasteiger partial charge in [0.05, 0.1) is 23.0 Å². The summed E-state index contributed by atoms with van der Waals surface area (Å²) in [5.74, 6) is -1.17. The fraction of sp³-hybridized carbons (Fsp3) is 0.115. The van der Waals surface area contributed by atoms with E-state index in [2.05, 4.69) is 35.8 Å². The summed E-state index contributed by atoms with van der Waals surface area (Å²) < 4.78 is 53.3. The van der Waals surface area contributed by atoms with Gasteiger partial charge in [0, 0.05) is 23.5 Å². The number of hydrogen-bond acceptors (Lipinski definition) is 7. The molecule has 0 unspecified atom stereocenters. The number of fused-ring (bicyclic) bond motifs is 1. The molecule has 1 atom stereocenters. The number of nitrogens with one attached hydrogen (secondary N) is 3. The van der Waals surface area contributed by atoms with Crippen LogP contribution in [0.15, 0.2) is 67.0 Å². The number of aromatic nitrogens is 5. The zero-order valence-electron chi connectivity index (χ0n) is 20.2. The summed E-state index contributed by atoms with van der Waals surface area (Å²) in [6.07, 6.45) is -2.47. The fourth-order valence-corrected chi connectivity index (χ4v) is 3.83. The number of hydrogen-bond donors (Lipinski definition) is 4. The van der Waals surface area contributed by atoms with Crippen molar-refractivity contribution < 1.29 is 22.4 Å². The Bertz CT molecular complexity index is 1650.